The van der Waals surface area contributed by atoms with Gasteiger partial charge < -0.3 is 9.84 Å². The van der Waals surface area contributed by atoms with Crippen LogP contribution >= 0.6 is 0 Å². The van der Waals surface area contributed by atoms with Crippen LogP contribution in [0.3, 0.4) is 0 Å². The summed E-state index contributed by atoms with van der Waals surface area (Å²) in [5, 5.41) is 9.14. The van der Waals surface area contributed by atoms with Crippen LogP contribution in [0.15, 0.2) is 12.7 Å². The van der Waals surface area contributed by atoms with Crippen molar-refractivity contribution in [2.75, 3.05) is 6.61 Å². The average Bonchev–Trinajstić information content (AvgIpc) is 2.65. The van der Waals surface area contributed by atoms with Crippen LogP contribution in [0.25, 0.3) is 0 Å². The molecule has 0 radical (unpaired) electrons. The normalized spacial score (nSPS) is 25.4. The molecule has 2 fully saturated rings. The number of carboxylic acids is 1. The topological polar surface area (TPSA) is 66.8 Å². The molecule has 0 aromatic heterocycles. The predicted octanol–water partition coefficient (Wildman–Crippen LogP) is 1.78. The van der Waals surface area contributed by atoms with Crippen molar-refractivity contribution < 1.29 is 19.4 Å². The molecule has 0 aromatic rings. The van der Waals surface area contributed by atoms with E-state index in [2.05, 4.69) is 6.58 Å². The Balaban J connectivity index is 2.14. The predicted molar refractivity (Wildman–Crippen MR) is 60.6 cm³/mol. The molecular weight excluding hydrogens is 222 g/mol. The zero-order valence-corrected chi connectivity index (χ0v) is 9.72. The van der Waals surface area contributed by atoms with Crippen LogP contribution in [-0.4, -0.2) is 40.3 Å². The second-order valence-electron chi connectivity index (χ2n) is 4.71. The van der Waals surface area contributed by atoms with Gasteiger partial charge in [0.25, 0.3) is 0 Å². The van der Waals surface area contributed by atoms with E-state index in [4.69, 9.17) is 9.84 Å². The van der Waals surface area contributed by atoms with Crippen LogP contribution < -0.4 is 0 Å². The number of carbonyl (C=O) groups is 2. The Hall–Kier alpha value is -1.52. The monoisotopic (exact) mass is 239 g/mol. The first-order valence-electron chi connectivity index (χ1n) is 5.90. The Labute approximate surface area is 100 Å². The van der Waals surface area contributed by atoms with Crippen LogP contribution in [0.4, 0.5) is 4.79 Å². The molecule has 5 heteroatoms. The molecule has 1 saturated carbocycles. The third kappa shape index (κ3) is 1.90. The van der Waals surface area contributed by atoms with E-state index in [9.17, 15) is 9.59 Å². The highest BCUT2D eigenvalue weighted by molar-refractivity contribution is 5.81. The highest BCUT2D eigenvalue weighted by Crippen LogP contribution is 2.48. The summed E-state index contributed by atoms with van der Waals surface area (Å²) >= 11 is 0. The first-order valence-corrected chi connectivity index (χ1v) is 5.90. The maximum Gasteiger partial charge on any atom is 0.411 e. The van der Waals surface area contributed by atoms with Gasteiger partial charge in [0.05, 0.1) is 0 Å². The van der Waals surface area contributed by atoms with Gasteiger partial charge in [0.2, 0.25) is 0 Å². The molecule has 1 amide bonds. The van der Waals surface area contributed by atoms with Gasteiger partial charge in [-0.3, -0.25) is 4.90 Å². The summed E-state index contributed by atoms with van der Waals surface area (Å²) in [5.74, 6) is -0.940. The van der Waals surface area contributed by atoms with Crippen LogP contribution in [0, 0.1) is 0 Å². The number of amides is 1. The van der Waals surface area contributed by atoms with Crippen molar-refractivity contribution in [3.8, 4) is 0 Å². The molecule has 1 saturated heterocycles. The number of hydrogen-bond acceptors (Lipinski definition) is 3. The van der Waals surface area contributed by atoms with Crippen molar-refractivity contribution in [1.82, 2.24) is 4.90 Å². The van der Waals surface area contributed by atoms with Crippen LogP contribution in [-0.2, 0) is 9.53 Å². The van der Waals surface area contributed by atoms with Gasteiger partial charge in [-0.25, -0.2) is 9.59 Å². The minimum Gasteiger partial charge on any atom is -0.480 e. The molecule has 1 atom stereocenters. The molecular formula is C12H17NO4. The fourth-order valence-electron chi connectivity index (χ4n) is 2.82. The third-order valence-corrected chi connectivity index (χ3v) is 3.80. The van der Waals surface area contributed by atoms with E-state index in [0.29, 0.717) is 6.42 Å². The number of aliphatic carboxylic acids is 1. The number of carbonyl (C=O) groups excluding carboxylic acids is 1. The van der Waals surface area contributed by atoms with Crippen molar-refractivity contribution in [3.63, 3.8) is 0 Å². The van der Waals surface area contributed by atoms with Gasteiger partial charge in [-0.15, -0.1) is 0 Å². The lowest BCUT2D eigenvalue weighted by molar-refractivity contribution is -0.143. The van der Waals surface area contributed by atoms with Crippen LogP contribution in [0.5, 0.6) is 0 Å². The molecule has 2 aliphatic rings. The van der Waals surface area contributed by atoms with E-state index < -0.39 is 18.1 Å². The zero-order valence-electron chi connectivity index (χ0n) is 9.72. The minimum absolute atomic E-state index is 0.123. The highest BCUT2D eigenvalue weighted by Gasteiger charge is 2.55. The maximum absolute atomic E-state index is 11.9. The molecule has 1 aliphatic carbocycles. The third-order valence-electron chi connectivity index (χ3n) is 3.80. The quantitative estimate of drug-likeness (QED) is 0.762. The Kier molecular flexibility index (Phi) is 3.09. The van der Waals surface area contributed by atoms with Gasteiger partial charge in [0.15, 0.2) is 0 Å². The molecule has 5 nitrogen and oxygen atoms in total. The van der Waals surface area contributed by atoms with Crippen molar-refractivity contribution in [3.05, 3.63) is 12.7 Å². The van der Waals surface area contributed by atoms with Gasteiger partial charge in [0, 0.05) is 5.54 Å². The summed E-state index contributed by atoms with van der Waals surface area (Å²) in [6.45, 7) is 3.59. The van der Waals surface area contributed by atoms with Crippen LogP contribution in [0.1, 0.15) is 32.1 Å². The van der Waals surface area contributed by atoms with Crippen LogP contribution in [0.2, 0.25) is 0 Å². The fraction of sp³-hybridized carbons (Fsp3) is 0.667. The number of carboxylic acid groups (broad SMARTS) is 1. The lowest BCUT2D eigenvalue weighted by Gasteiger charge is -2.46. The zero-order chi connectivity index (χ0) is 12.5. The summed E-state index contributed by atoms with van der Waals surface area (Å²) in [5.41, 5.74) is -0.249. The molecule has 1 N–H and O–H groups in total. The first kappa shape index (κ1) is 12.0. The maximum atomic E-state index is 11.9. The Morgan fingerprint density at radius 2 is 2.18 bits per heavy atom. The second-order valence-corrected chi connectivity index (χ2v) is 4.71. The minimum atomic E-state index is -0.940. The van der Waals surface area contributed by atoms with Crippen molar-refractivity contribution in [1.29, 1.82) is 0 Å². The van der Waals surface area contributed by atoms with E-state index in [1.54, 1.807) is 0 Å². The Morgan fingerprint density at radius 1 is 1.47 bits per heavy atom. The molecule has 2 rings (SSSR count). The highest BCUT2D eigenvalue weighted by atomic mass is 16.6. The number of rotatable bonds is 3. The fourth-order valence-corrected chi connectivity index (χ4v) is 2.82. The number of ether oxygens (including phenoxy) is 1. The van der Waals surface area contributed by atoms with Gasteiger partial charge in [-0.1, -0.05) is 12.7 Å². The van der Waals surface area contributed by atoms with Crippen molar-refractivity contribution >= 4 is 12.1 Å². The second kappa shape index (κ2) is 4.39. The van der Waals surface area contributed by atoms with Gasteiger partial charge in [-0.2, -0.15) is 0 Å². The molecule has 17 heavy (non-hydrogen) atoms. The SMILES string of the molecule is C=CCOC(=O)N1C(C(=O)O)CCC12CCC2. The van der Waals surface area contributed by atoms with Gasteiger partial charge in [0.1, 0.15) is 12.6 Å². The summed E-state index contributed by atoms with van der Waals surface area (Å²) in [6.07, 6.45) is 5.09. The average molecular weight is 239 g/mol. The standard InChI is InChI=1S/C12H17NO4/c1-2-8-17-11(16)13-9(10(14)15)4-7-12(13)5-3-6-12/h2,9H,1,3-8H2,(H,14,15). The molecule has 1 unspecified atom stereocenters. The number of likely N-dealkylation sites (tertiary alicyclic amines) is 1. The van der Waals surface area contributed by atoms with Crippen molar-refractivity contribution in [2.24, 2.45) is 0 Å². The molecule has 1 spiro atoms. The molecule has 1 aliphatic heterocycles. The Morgan fingerprint density at radius 3 is 2.65 bits per heavy atom. The van der Waals surface area contributed by atoms with Gasteiger partial charge >= 0.3 is 12.1 Å². The summed E-state index contributed by atoms with van der Waals surface area (Å²) in [7, 11) is 0. The van der Waals surface area contributed by atoms with E-state index in [-0.39, 0.29) is 12.1 Å². The lowest BCUT2D eigenvalue weighted by Crippen LogP contribution is -2.56. The largest absolute Gasteiger partial charge is 0.480 e. The molecule has 0 bridgehead atoms. The molecule has 0 aromatic carbocycles. The molecule has 94 valence electrons. The smallest absolute Gasteiger partial charge is 0.411 e. The van der Waals surface area contributed by atoms with E-state index >= 15 is 0 Å². The van der Waals surface area contributed by atoms with E-state index in [1.165, 1.54) is 11.0 Å². The lowest BCUT2D eigenvalue weighted by atomic mass is 9.75. The van der Waals surface area contributed by atoms with E-state index in [1.807, 2.05) is 0 Å². The first-order chi connectivity index (χ1) is 8.10. The molecule has 1 heterocycles. The van der Waals surface area contributed by atoms with E-state index in [0.717, 1.165) is 25.7 Å². The number of hydrogen-bond donors (Lipinski definition) is 1. The van der Waals surface area contributed by atoms with Gasteiger partial charge in [-0.05, 0) is 32.1 Å². The van der Waals surface area contributed by atoms with Crippen molar-refractivity contribution in [2.45, 2.75) is 43.7 Å². The summed E-state index contributed by atoms with van der Waals surface area (Å²) in [6, 6.07) is -0.729. The summed E-state index contributed by atoms with van der Waals surface area (Å²) in [4.78, 5) is 24.5. The Bertz CT molecular complexity index is 348. The number of nitrogens with zero attached hydrogens (tertiary/aromatic N) is 1. The summed E-state index contributed by atoms with van der Waals surface area (Å²) < 4.78 is 4.99.